The second kappa shape index (κ2) is 7.29. The average Bonchev–Trinajstić information content (AvgIpc) is 2.31. The van der Waals surface area contributed by atoms with Gasteiger partial charge in [-0.05, 0) is 18.6 Å². The van der Waals surface area contributed by atoms with Gasteiger partial charge in [-0.3, -0.25) is 16.3 Å². The van der Waals surface area contributed by atoms with Crippen LogP contribution in [0.3, 0.4) is 0 Å². The van der Waals surface area contributed by atoms with Gasteiger partial charge in [0.05, 0.1) is 25.9 Å². The van der Waals surface area contributed by atoms with E-state index in [1.807, 2.05) is 19.1 Å². The lowest BCUT2D eigenvalue weighted by atomic mass is 10.1. The molecule has 0 radical (unpaired) electrons. The second-order valence-electron chi connectivity index (χ2n) is 3.52. The van der Waals surface area contributed by atoms with Crippen molar-refractivity contribution in [3.8, 4) is 0 Å². The van der Waals surface area contributed by atoms with Crippen molar-refractivity contribution in [3.63, 3.8) is 0 Å². The number of methoxy groups -OCH3 is 1. The number of hydrogen-bond acceptors (Lipinski definition) is 5. The van der Waals surface area contributed by atoms with Gasteiger partial charge in [-0.2, -0.15) is 0 Å². The Morgan fingerprint density at radius 2 is 2.25 bits per heavy atom. The maximum absolute atomic E-state index is 5.47. The Bertz CT molecular complexity index is 290. The van der Waals surface area contributed by atoms with E-state index in [0.717, 1.165) is 11.3 Å². The van der Waals surface area contributed by atoms with Crippen molar-refractivity contribution in [1.29, 1.82) is 0 Å². The van der Waals surface area contributed by atoms with E-state index in [1.165, 1.54) is 0 Å². The molecule has 0 amide bonds. The lowest BCUT2D eigenvalue weighted by molar-refractivity contribution is 0.0585. The zero-order valence-electron chi connectivity index (χ0n) is 9.77. The first-order chi connectivity index (χ1) is 7.77. The van der Waals surface area contributed by atoms with E-state index in [-0.39, 0.29) is 6.04 Å². The molecule has 1 aromatic rings. The molecule has 0 spiro atoms. The molecule has 0 saturated heterocycles. The van der Waals surface area contributed by atoms with Crippen molar-refractivity contribution in [1.82, 2.24) is 10.4 Å². The van der Waals surface area contributed by atoms with Crippen LogP contribution in [0.15, 0.2) is 18.3 Å². The Balaban J connectivity index is 2.44. The summed E-state index contributed by atoms with van der Waals surface area (Å²) in [4.78, 5) is 4.22. The maximum atomic E-state index is 5.47. The minimum Gasteiger partial charge on any atom is -0.382 e. The summed E-state index contributed by atoms with van der Waals surface area (Å²) in [7, 11) is 1.64. The fourth-order valence-corrected chi connectivity index (χ4v) is 1.27. The van der Waals surface area contributed by atoms with E-state index in [0.29, 0.717) is 19.8 Å². The summed E-state index contributed by atoms with van der Waals surface area (Å²) in [6.07, 6.45) is 1.81. The quantitative estimate of drug-likeness (QED) is 0.403. The van der Waals surface area contributed by atoms with Gasteiger partial charge >= 0.3 is 0 Å². The third kappa shape index (κ3) is 4.24. The molecular formula is C11H19N3O2. The van der Waals surface area contributed by atoms with Crippen LogP contribution in [0.1, 0.15) is 17.3 Å². The van der Waals surface area contributed by atoms with Gasteiger partial charge < -0.3 is 9.47 Å². The Labute approximate surface area is 95.9 Å². The standard InChI is InChI=1S/C11H19N3O2/c1-9-3-4-10(7-13-9)11(14-12)8-16-6-5-15-2/h3-4,7,11,14H,5-6,8,12H2,1-2H3. The van der Waals surface area contributed by atoms with Gasteiger partial charge in [-0.1, -0.05) is 6.07 Å². The van der Waals surface area contributed by atoms with Crippen LogP contribution < -0.4 is 11.3 Å². The molecule has 0 bridgehead atoms. The van der Waals surface area contributed by atoms with Crippen LogP contribution in [0.4, 0.5) is 0 Å². The second-order valence-corrected chi connectivity index (χ2v) is 3.52. The molecule has 1 aromatic heterocycles. The largest absolute Gasteiger partial charge is 0.382 e. The average molecular weight is 225 g/mol. The number of hydrogen-bond donors (Lipinski definition) is 2. The summed E-state index contributed by atoms with van der Waals surface area (Å²) in [6.45, 7) is 3.60. The highest BCUT2D eigenvalue weighted by molar-refractivity contribution is 5.17. The van der Waals surface area contributed by atoms with Gasteiger partial charge in [0.1, 0.15) is 0 Å². The number of nitrogens with zero attached hydrogens (tertiary/aromatic N) is 1. The highest BCUT2D eigenvalue weighted by Gasteiger charge is 2.09. The third-order valence-corrected chi connectivity index (χ3v) is 2.25. The molecule has 5 heteroatoms. The van der Waals surface area contributed by atoms with E-state index in [4.69, 9.17) is 15.3 Å². The topological polar surface area (TPSA) is 69.4 Å². The normalized spacial score (nSPS) is 12.7. The first-order valence-electron chi connectivity index (χ1n) is 5.23. The first kappa shape index (κ1) is 13.1. The number of nitrogens with two attached hydrogens (primary N) is 1. The number of aromatic nitrogens is 1. The predicted molar refractivity (Wildman–Crippen MR) is 61.7 cm³/mol. The molecule has 1 atom stereocenters. The van der Waals surface area contributed by atoms with Crippen molar-refractivity contribution in [3.05, 3.63) is 29.6 Å². The molecule has 0 aliphatic carbocycles. The molecule has 1 heterocycles. The van der Waals surface area contributed by atoms with E-state index in [2.05, 4.69) is 10.4 Å². The molecule has 90 valence electrons. The third-order valence-electron chi connectivity index (χ3n) is 2.25. The van der Waals surface area contributed by atoms with Gasteiger partial charge in [-0.25, -0.2) is 0 Å². The monoisotopic (exact) mass is 225 g/mol. The van der Waals surface area contributed by atoms with Crippen LogP contribution in [0.25, 0.3) is 0 Å². The van der Waals surface area contributed by atoms with Gasteiger partial charge in [0.2, 0.25) is 0 Å². The Hall–Kier alpha value is -1.01. The molecule has 0 saturated carbocycles. The van der Waals surface area contributed by atoms with Gasteiger partial charge in [0, 0.05) is 19.0 Å². The van der Waals surface area contributed by atoms with E-state index in [1.54, 1.807) is 13.3 Å². The van der Waals surface area contributed by atoms with E-state index in [9.17, 15) is 0 Å². The summed E-state index contributed by atoms with van der Waals surface area (Å²) in [5.41, 5.74) is 4.71. The van der Waals surface area contributed by atoms with Gasteiger partial charge in [0.15, 0.2) is 0 Å². The lowest BCUT2D eigenvalue weighted by Gasteiger charge is -2.16. The van der Waals surface area contributed by atoms with Crippen molar-refractivity contribution >= 4 is 0 Å². The molecule has 1 rings (SSSR count). The Morgan fingerprint density at radius 3 is 2.81 bits per heavy atom. The number of rotatable bonds is 7. The fraction of sp³-hybridized carbons (Fsp3) is 0.545. The summed E-state index contributed by atoms with van der Waals surface area (Å²) in [5.74, 6) is 5.47. The SMILES string of the molecule is COCCOCC(NN)c1ccc(C)nc1. The lowest BCUT2D eigenvalue weighted by Crippen LogP contribution is -2.31. The number of pyridine rings is 1. The smallest absolute Gasteiger partial charge is 0.0708 e. The first-order valence-corrected chi connectivity index (χ1v) is 5.23. The molecular weight excluding hydrogens is 206 g/mol. The van der Waals surface area contributed by atoms with Crippen molar-refractivity contribution < 1.29 is 9.47 Å². The molecule has 5 nitrogen and oxygen atoms in total. The molecule has 0 fully saturated rings. The van der Waals surface area contributed by atoms with Crippen LogP contribution in [0.5, 0.6) is 0 Å². The van der Waals surface area contributed by atoms with E-state index < -0.39 is 0 Å². The summed E-state index contributed by atoms with van der Waals surface area (Å²) in [5, 5.41) is 0. The minimum absolute atomic E-state index is 0.0371. The molecule has 0 aliphatic heterocycles. The Morgan fingerprint density at radius 1 is 1.44 bits per heavy atom. The van der Waals surface area contributed by atoms with Crippen LogP contribution in [0, 0.1) is 6.92 Å². The summed E-state index contributed by atoms with van der Waals surface area (Å²) in [6, 6.07) is 3.91. The fourth-order valence-electron chi connectivity index (χ4n) is 1.27. The van der Waals surface area contributed by atoms with Crippen LogP contribution >= 0.6 is 0 Å². The minimum atomic E-state index is -0.0371. The van der Waals surface area contributed by atoms with E-state index >= 15 is 0 Å². The maximum Gasteiger partial charge on any atom is 0.0708 e. The molecule has 3 N–H and O–H groups in total. The zero-order valence-corrected chi connectivity index (χ0v) is 9.77. The number of hydrazine groups is 1. The van der Waals surface area contributed by atoms with Crippen molar-refractivity contribution in [2.75, 3.05) is 26.9 Å². The predicted octanol–water partition coefficient (Wildman–Crippen LogP) is 0.557. The highest BCUT2D eigenvalue weighted by Crippen LogP contribution is 2.11. The number of aryl methyl sites for hydroxylation is 1. The summed E-state index contributed by atoms with van der Waals surface area (Å²) < 4.78 is 10.3. The molecule has 0 aliphatic rings. The molecule has 0 aromatic carbocycles. The van der Waals surface area contributed by atoms with Crippen molar-refractivity contribution in [2.45, 2.75) is 13.0 Å². The van der Waals surface area contributed by atoms with Gasteiger partial charge in [-0.15, -0.1) is 0 Å². The van der Waals surface area contributed by atoms with Crippen molar-refractivity contribution in [2.24, 2.45) is 5.84 Å². The molecule has 1 unspecified atom stereocenters. The van der Waals surface area contributed by atoms with Crippen LogP contribution in [-0.4, -0.2) is 31.9 Å². The molecule has 16 heavy (non-hydrogen) atoms. The van der Waals surface area contributed by atoms with Crippen LogP contribution in [-0.2, 0) is 9.47 Å². The van der Waals surface area contributed by atoms with Crippen LogP contribution in [0.2, 0.25) is 0 Å². The summed E-state index contributed by atoms with van der Waals surface area (Å²) >= 11 is 0. The highest BCUT2D eigenvalue weighted by atomic mass is 16.5. The number of nitrogens with one attached hydrogen (secondary N) is 1. The number of ether oxygens (including phenoxy) is 2. The van der Waals surface area contributed by atoms with Gasteiger partial charge in [0.25, 0.3) is 0 Å². The Kier molecular flexibility index (Phi) is 5.95. The zero-order chi connectivity index (χ0) is 11.8.